The number of nitrogens with one attached hydrogen (secondary N) is 1. The van der Waals surface area contributed by atoms with E-state index in [1.165, 1.54) is 18.3 Å². The largest absolute Gasteiger partial charge is 0.478 e. The smallest absolute Gasteiger partial charge is 0.335 e. The van der Waals surface area contributed by atoms with E-state index in [0.717, 1.165) is 22.3 Å². The summed E-state index contributed by atoms with van der Waals surface area (Å²) in [5, 5.41) is 12.9. The number of carbonyl (C=O) groups excluding carboxylic acids is 1. The fourth-order valence-corrected chi connectivity index (χ4v) is 2.73. The lowest BCUT2D eigenvalue weighted by Gasteiger charge is -2.05. The average molecular weight is 376 g/mol. The monoisotopic (exact) mass is 376 g/mol. The molecule has 0 radical (unpaired) electrons. The van der Waals surface area contributed by atoms with Crippen molar-refractivity contribution in [2.24, 2.45) is 5.10 Å². The molecule has 2 aromatic carbocycles. The number of benzene rings is 2. The van der Waals surface area contributed by atoms with Gasteiger partial charge in [-0.3, -0.25) is 4.79 Å². The first kappa shape index (κ1) is 19.1. The standard InChI is InChI=1S/C22H20N2O4/c1-14-3-4-15(2)18(11-14)12-21(25)24-23-13-19-9-10-20(28-19)16-5-7-17(8-6-16)22(26)27/h3-11,13H,12H2,1-2H3,(H,24,25)(H,26,27)/b23-13-. The Kier molecular flexibility index (Phi) is 5.69. The summed E-state index contributed by atoms with van der Waals surface area (Å²) in [4.78, 5) is 23.0. The van der Waals surface area contributed by atoms with Crippen molar-refractivity contribution in [1.82, 2.24) is 5.43 Å². The lowest BCUT2D eigenvalue weighted by atomic mass is 10.0. The van der Waals surface area contributed by atoms with Gasteiger partial charge in [0.25, 0.3) is 0 Å². The molecule has 2 N–H and O–H groups in total. The van der Waals surface area contributed by atoms with Gasteiger partial charge in [-0.05, 0) is 49.2 Å². The van der Waals surface area contributed by atoms with Crippen LogP contribution in [0, 0.1) is 13.8 Å². The number of aryl methyl sites for hydroxylation is 2. The maximum absolute atomic E-state index is 12.1. The summed E-state index contributed by atoms with van der Waals surface area (Å²) in [5.74, 6) is -0.124. The van der Waals surface area contributed by atoms with E-state index in [1.807, 2.05) is 32.0 Å². The molecule has 0 aliphatic carbocycles. The highest BCUT2D eigenvalue weighted by Crippen LogP contribution is 2.22. The molecule has 0 fully saturated rings. The van der Waals surface area contributed by atoms with Gasteiger partial charge >= 0.3 is 5.97 Å². The zero-order chi connectivity index (χ0) is 20.1. The van der Waals surface area contributed by atoms with E-state index in [2.05, 4.69) is 10.5 Å². The molecular weight excluding hydrogens is 356 g/mol. The van der Waals surface area contributed by atoms with Crippen LogP contribution in [0.25, 0.3) is 11.3 Å². The van der Waals surface area contributed by atoms with Crippen molar-refractivity contribution in [3.05, 3.63) is 82.6 Å². The molecule has 6 nitrogen and oxygen atoms in total. The summed E-state index contributed by atoms with van der Waals surface area (Å²) in [6.45, 7) is 3.96. The Balaban J connectivity index is 1.60. The van der Waals surface area contributed by atoms with Crippen LogP contribution in [-0.4, -0.2) is 23.2 Å². The van der Waals surface area contributed by atoms with Crippen LogP contribution in [0.3, 0.4) is 0 Å². The molecule has 3 aromatic rings. The molecule has 0 bridgehead atoms. The first-order chi connectivity index (χ1) is 13.4. The molecule has 1 amide bonds. The van der Waals surface area contributed by atoms with Crippen molar-refractivity contribution in [3.63, 3.8) is 0 Å². The van der Waals surface area contributed by atoms with E-state index in [1.54, 1.807) is 24.3 Å². The van der Waals surface area contributed by atoms with Gasteiger partial charge in [0.05, 0.1) is 18.2 Å². The molecule has 28 heavy (non-hydrogen) atoms. The number of hydrogen-bond donors (Lipinski definition) is 2. The number of aromatic carboxylic acids is 1. The molecule has 0 saturated heterocycles. The van der Waals surface area contributed by atoms with Gasteiger partial charge in [-0.25, -0.2) is 10.2 Å². The number of rotatable bonds is 6. The van der Waals surface area contributed by atoms with Gasteiger partial charge in [0, 0.05) is 5.56 Å². The molecule has 3 rings (SSSR count). The van der Waals surface area contributed by atoms with E-state index in [-0.39, 0.29) is 17.9 Å². The van der Waals surface area contributed by atoms with Crippen molar-refractivity contribution in [2.45, 2.75) is 20.3 Å². The zero-order valence-corrected chi connectivity index (χ0v) is 15.6. The molecule has 1 aromatic heterocycles. The van der Waals surface area contributed by atoms with E-state index in [0.29, 0.717) is 11.5 Å². The Bertz CT molecular complexity index is 1030. The average Bonchev–Trinajstić information content (AvgIpc) is 3.14. The van der Waals surface area contributed by atoms with Gasteiger partial charge in [-0.15, -0.1) is 0 Å². The third kappa shape index (κ3) is 4.73. The van der Waals surface area contributed by atoms with Crippen LogP contribution in [0.5, 0.6) is 0 Å². The number of nitrogens with zero attached hydrogens (tertiary/aromatic N) is 1. The van der Waals surface area contributed by atoms with E-state index in [4.69, 9.17) is 9.52 Å². The summed E-state index contributed by atoms with van der Waals surface area (Å²) >= 11 is 0. The van der Waals surface area contributed by atoms with Crippen LogP contribution in [-0.2, 0) is 11.2 Å². The summed E-state index contributed by atoms with van der Waals surface area (Å²) in [5.41, 5.74) is 6.61. The highest BCUT2D eigenvalue weighted by atomic mass is 16.4. The third-order valence-electron chi connectivity index (χ3n) is 4.28. The number of carboxylic acid groups (broad SMARTS) is 1. The minimum Gasteiger partial charge on any atom is -0.478 e. The van der Waals surface area contributed by atoms with Gasteiger partial charge in [-0.1, -0.05) is 35.9 Å². The molecular formula is C22H20N2O4. The fraction of sp³-hybridized carbons (Fsp3) is 0.136. The molecule has 0 saturated carbocycles. The molecule has 0 unspecified atom stereocenters. The van der Waals surface area contributed by atoms with E-state index >= 15 is 0 Å². The molecule has 0 aliphatic heterocycles. The minimum absolute atomic E-state index is 0.207. The normalized spacial score (nSPS) is 10.9. The Labute approximate surface area is 162 Å². The highest BCUT2D eigenvalue weighted by molar-refractivity contribution is 5.88. The molecule has 0 aliphatic rings. The molecule has 1 heterocycles. The van der Waals surface area contributed by atoms with Crippen molar-refractivity contribution < 1.29 is 19.1 Å². The summed E-state index contributed by atoms with van der Waals surface area (Å²) < 4.78 is 5.66. The van der Waals surface area contributed by atoms with Crippen LogP contribution in [0.4, 0.5) is 0 Å². The number of carboxylic acids is 1. The second-order valence-electron chi connectivity index (χ2n) is 6.48. The molecule has 6 heteroatoms. The first-order valence-electron chi connectivity index (χ1n) is 8.74. The fourth-order valence-electron chi connectivity index (χ4n) is 2.73. The van der Waals surface area contributed by atoms with Gasteiger partial charge in [-0.2, -0.15) is 5.10 Å². The number of hydrogen-bond acceptors (Lipinski definition) is 4. The summed E-state index contributed by atoms with van der Waals surface area (Å²) in [6.07, 6.45) is 1.68. The van der Waals surface area contributed by atoms with Crippen LogP contribution in [0.15, 0.2) is 64.1 Å². The van der Waals surface area contributed by atoms with Crippen molar-refractivity contribution in [2.75, 3.05) is 0 Å². The quantitative estimate of drug-likeness (QED) is 0.503. The van der Waals surface area contributed by atoms with Crippen LogP contribution in [0.2, 0.25) is 0 Å². The summed E-state index contributed by atoms with van der Waals surface area (Å²) in [7, 11) is 0. The first-order valence-corrected chi connectivity index (χ1v) is 8.74. The maximum atomic E-state index is 12.1. The Morgan fingerprint density at radius 1 is 1.07 bits per heavy atom. The van der Waals surface area contributed by atoms with E-state index in [9.17, 15) is 9.59 Å². The number of hydrazone groups is 1. The lowest BCUT2D eigenvalue weighted by molar-refractivity contribution is -0.120. The Hall–Kier alpha value is -3.67. The van der Waals surface area contributed by atoms with Crippen LogP contribution >= 0.6 is 0 Å². The predicted octanol–water partition coefficient (Wildman–Crippen LogP) is 3.95. The Morgan fingerprint density at radius 2 is 1.82 bits per heavy atom. The SMILES string of the molecule is Cc1ccc(C)c(CC(=O)N/N=C\c2ccc(-c3ccc(C(=O)O)cc3)o2)c1. The molecule has 0 atom stereocenters. The van der Waals surface area contributed by atoms with Crippen LogP contribution < -0.4 is 5.43 Å². The molecule has 0 spiro atoms. The number of furan rings is 1. The van der Waals surface area contributed by atoms with Crippen molar-refractivity contribution in [3.8, 4) is 11.3 Å². The third-order valence-corrected chi connectivity index (χ3v) is 4.28. The zero-order valence-electron chi connectivity index (χ0n) is 15.6. The topological polar surface area (TPSA) is 91.9 Å². The minimum atomic E-state index is -0.976. The second kappa shape index (κ2) is 8.35. The number of carbonyl (C=O) groups is 2. The van der Waals surface area contributed by atoms with E-state index < -0.39 is 5.97 Å². The maximum Gasteiger partial charge on any atom is 0.335 e. The van der Waals surface area contributed by atoms with Gasteiger partial charge in [0.1, 0.15) is 11.5 Å². The lowest BCUT2D eigenvalue weighted by Crippen LogP contribution is -2.20. The molecule has 142 valence electrons. The van der Waals surface area contributed by atoms with Gasteiger partial charge in [0.15, 0.2) is 0 Å². The predicted molar refractivity (Wildman–Crippen MR) is 106 cm³/mol. The van der Waals surface area contributed by atoms with Gasteiger partial charge in [0.2, 0.25) is 5.91 Å². The van der Waals surface area contributed by atoms with Crippen molar-refractivity contribution in [1.29, 1.82) is 0 Å². The second-order valence-corrected chi connectivity index (χ2v) is 6.48. The summed E-state index contributed by atoms with van der Waals surface area (Å²) in [6, 6.07) is 15.9. The van der Waals surface area contributed by atoms with Crippen LogP contribution in [0.1, 0.15) is 32.8 Å². The highest BCUT2D eigenvalue weighted by Gasteiger charge is 2.07. The van der Waals surface area contributed by atoms with Crippen molar-refractivity contribution >= 4 is 18.1 Å². The number of amides is 1. The van der Waals surface area contributed by atoms with Gasteiger partial charge < -0.3 is 9.52 Å². The Morgan fingerprint density at radius 3 is 2.54 bits per heavy atom.